The van der Waals surface area contributed by atoms with Gasteiger partial charge in [-0.25, -0.2) is 9.69 Å². The van der Waals surface area contributed by atoms with E-state index >= 15 is 0 Å². The van der Waals surface area contributed by atoms with Crippen molar-refractivity contribution >= 4 is 34.4 Å². The third-order valence-corrected chi connectivity index (χ3v) is 7.10. The van der Waals surface area contributed by atoms with E-state index in [-0.39, 0.29) is 17.8 Å². The van der Waals surface area contributed by atoms with Crippen molar-refractivity contribution in [2.75, 3.05) is 11.4 Å². The molecule has 2 bridgehead atoms. The number of amides is 4. The number of piperazine rings is 1. The summed E-state index contributed by atoms with van der Waals surface area (Å²) in [7, 11) is 0. The standard InChI is InChI=1S/C25H16F3N5O3/c26-25(27,28)17-6-2-1-4-15(17)22(34)31-12-14-10-19(31)21-23(35)33(24(36)32(14)21)18-8-7-13(11-29)20-16(18)5-3-9-30-20/h1-9,14,19,21H,10,12H2/t14-,19?,21+/m1/s1. The van der Waals surface area contributed by atoms with Crippen LogP contribution in [0.25, 0.3) is 10.9 Å². The molecule has 1 aromatic heterocycles. The molecule has 0 aliphatic carbocycles. The number of nitriles is 1. The number of anilines is 1. The zero-order valence-corrected chi connectivity index (χ0v) is 18.4. The first kappa shape index (κ1) is 22.0. The molecule has 180 valence electrons. The molecule has 0 radical (unpaired) electrons. The minimum atomic E-state index is -4.71. The van der Waals surface area contributed by atoms with Crippen LogP contribution in [0.15, 0.2) is 54.7 Å². The maximum absolute atomic E-state index is 13.6. The number of likely N-dealkylation sites (tertiary alicyclic amines) is 1. The number of hydrogen-bond acceptors (Lipinski definition) is 5. The summed E-state index contributed by atoms with van der Waals surface area (Å²) in [5, 5.41) is 9.84. The number of carbonyl (C=O) groups is 3. The van der Waals surface area contributed by atoms with Crippen LogP contribution in [0, 0.1) is 11.3 Å². The lowest BCUT2D eigenvalue weighted by Crippen LogP contribution is -2.55. The number of halogens is 3. The van der Waals surface area contributed by atoms with Gasteiger partial charge in [-0.2, -0.15) is 18.4 Å². The average Bonchev–Trinajstić information content (AvgIpc) is 3.54. The summed E-state index contributed by atoms with van der Waals surface area (Å²) in [5.74, 6) is -1.38. The molecule has 3 saturated heterocycles. The highest BCUT2D eigenvalue weighted by Gasteiger charge is 2.63. The van der Waals surface area contributed by atoms with Crippen LogP contribution in [0.3, 0.4) is 0 Å². The molecule has 2 aromatic carbocycles. The Balaban J connectivity index is 1.36. The maximum Gasteiger partial charge on any atom is 0.417 e. The lowest BCUT2D eigenvalue weighted by atomic mass is 10.0. The van der Waals surface area contributed by atoms with Crippen LogP contribution in [0.5, 0.6) is 0 Å². The Bertz CT molecular complexity index is 1510. The molecule has 36 heavy (non-hydrogen) atoms. The van der Waals surface area contributed by atoms with Crippen LogP contribution >= 0.6 is 0 Å². The Morgan fingerprint density at radius 2 is 1.86 bits per heavy atom. The summed E-state index contributed by atoms with van der Waals surface area (Å²) in [6, 6.07) is 10.1. The predicted octanol–water partition coefficient (Wildman–Crippen LogP) is 3.56. The van der Waals surface area contributed by atoms with Crippen molar-refractivity contribution in [2.24, 2.45) is 0 Å². The van der Waals surface area contributed by atoms with Gasteiger partial charge in [0, 0.05) is 18.1 Å². The van der Waals surface area contributed by atoms with Crippen LogP contribution in [0.4, 0.5) is 23.7 Å². The van der Waals surface area contributed by atoms with Crippen LogP contribution in [-0.2, 0) is 11.0 Å². The van der Waals surface area contributed by atoms with E-state index in [9.17, 15) is 32.8 Å². The maximum atomic E-state index is 13.6. The highest BCUT2D eigenvalue weighted by molar-refractivity contribution is 6.25. The molecule has 3 aromatic rings. The molecule has 0 N–H and O–H groups in total. The smallest absolute Gasteiger partial charge is 0.331 e. The second kappa shape index (κ2) is 7.52. The molecule has 4 heterocycles. The SMILES string of the molecule is N#Cc1ccc(N2C(=O)[C@@H]3C4C[C@H](CN4C(=O)c4ccccc4C(F)(F)F)N3C2=O)c2cccnc12. The summed E-state index contributed by atoms with van der Waals surface area (Å²) in [4.78, 5) is 48.2. The number of rotatable bonds is 2. The Morgan fingerprint density at radius 3 is 2.61 bits per heavy atom. The molecule has 8 nitrogen and oxygen atoms in total. The number of pyridine rings is 1. The van der Waals surface area contributed by atoms with E-state index in [4.69, 9.17) is 0 Å². The van der Waals surface area contributed by atoms with Gasteiger partial charge >= 0.3 is 12.2 Å². The minimum absolute atomic E-state index is 0.0364. The second-order valence-corrected chi connectivity index (χ2v) is 8.91. The number of carbonyl (C=O) groups excluding carboxylic acids is 3. The van der Waals surface area contributed by atoms with Crippen molar-refractivity contribution in [2.45, 2.75) is 30.7 Å². The molecule has 3 aliphatic rings. The molecule has 3 aliphatic heterocycles. The number of hydrogen-bond donors (Lipinski definition) is 0. The summed E-state index contributed by atoms with van der Waals surface area (Å²) in [6.45, 7) is 0.0364. The van der Waals surface area contributed by atoms with Crippen molar-refractivity contribution in [3.63, 3.8) is 0 Å². The largest absolute Gasteiger partial charge is 0.417 e. The van der Waals surface area contributed by atoms with Gasteiger partial charge in [-0.05, 0) is 42.8 Å². The van der Waals surface area contributed by atoms with Gasteiger partial charge in [0.2, 0.25) is 0 Å². The molecular formula is C25H16F3N5O3. The van der Waals surface area contributed by atoms with Gasteiger partial charge in [0.1, 0.15) is 12.1 Å². The Hall–Kier alpha value is -4.46. The van der Waals surface area contributed by atoms with Crippen LogP contribution in [0.2, 0.25) is 0 Å². The number of alkyl halides is 3. The normalized spacial score (nSPS) is 22.9. The van der Waals surface area contributed by atoms with Gasteiger partial charge in [0.25, 0.3) is 11.8 Å². The fraction of sp³-hybridized carbons (Fsp3) is 0.240. The van der Waals surface area contributed by atoms with E-state index in [1.54, 1.807) is 12.1 Å². The summed E-state index contributed by atoms with van der Waals surface area (Å²) in [5.41, 5.74) is -0.632. The number of benzene rings is 2. The van der Waals surface area contributed by atoms with E-state index in [1.165, 1.54) is 40.3 Å². The topological polar surface area (TPSA) is 97.6 Å². The summed E-state index contributed by atoms with van der Waals surface area (Å²) < 4.78 is 40.6. The fourth-order valence-corrected chi connectivity index (χ4v) is 5.63. The molecule has 6 rings (SSSR count). The Kier molecular flexibility index (Phi) is 4.60. The first-order chi connectivity index (χ1) is 17.2. The van der Waals surface area contributed by atoms with Gasteiger partial charge in [-0.3, -0.25) is 14.6 Å². The molecule has 3 atom stereocenters. The van der Waals surface area contributed by atoms with Crippen LogP contribution in [0.1, 0.15) is 27.9 Å². The van der Waals surface area contributed by atoms with E-state index in [2.05, 4.69) is 4.98 Å². The number of aromatic nitrogens is 1. The van der Waals surface area contributed by atoms with Gasteiger partial charge < -0.3 is 9.80 Å². The monoisotopic (exact) mass is 491 g/mol. The van der Waals surface area contributed by atoms with Crippen molar-refractivity contribution in [1.29, 1.82) is 5.26 Å². The Morgan fingerprint density at radius 1 is 1.08 bits per heavy atom. The molecular weight excluding hydrogens is 475 g/mol. The minimum Gasteiger partial charge on any atom is -0.331 e. The zero-order valence-electron chi connectivity index (χ0n) is 18.4. The molecule has 1 unspecified atom stereocenters. The molecule has 4 amide bonds. The summed E-state index contributed by atoms with van der Waals surface area (Å²) in [6.07, 6.45) is -2.90. The lowest BCUT2D eigenvalue weighted by molar-refractivity contribution is -0.138. The fourth-order valence-electron chi connectivity index (χ4n) is 5.63. The average molecular weight is 491 g/mol. The first-order valence-corrected chi connectivity index (χ1v) is 11.1. The van der Waals surface area contributed by atoms with Crippen molar-refractivity contribution in [1.82, 2.24) is 14.8 Å². The van der Waals surface area contributed by atoms with Gasteiger partial charge in [-0.1, -0.05) is 12.1 Å². The molecule has 0 spiro atoms. The number of nitrogens with zero attached hydrogens (tertiary/aromatic N) is 5. The highest BCUT2D eigenvalue weighted by Crippen LogP contribution is 2.44. The first-order valence-electron chi connectivity index (χ1n) is 11.1. The van der Waals surface area contributed by atoms with Gasteiger partial charge in [-0.15, -0.1) is 0 Å². The number of imide groups is 1. The highest BCUT2D eigenvalue weighted by atomic mass is 19.4. The quantitative estimate of drug-likeness (QED) is 0.511. The van der Waals surface area contributed by atoms with Crippen molar-refractivity contribution in [3.8, 4) is 6.07 Å². The second-order valence-electron chi connectivity index (χ2n) is 8.91. The van der Waals surface area contributed by atoms with Gasteiger partial charge in [0.05, 0.1) is 40.0 Å². The third kappa shape index (κ3) is 2.94. The molecule has 0 saturated carbocycles. The number of urea groups is 1. The Labute approximate surface area is 202 Å². The van der Waals surface area contributed by atoms with Crippen LogP contribution in [-0.4, -0.2) is 57.3 Å². The van der Waals surface area contributed by atoms with Gasteiger partial charge in [0.15, 0.2) is 0 Å². The van der Waals surface area contributed by atoms with E-state index < -0.39 is 53.3 Å². The zero-order chi connectivity index (χ0) is 25.4. The summed E-state index contributed by atoms with van der Waals surface area (Å²) >= 11 is 0. The third-order valence-electron chi connectivity index (χ3n) is 7.10. The lowest BCUT2D eigenvalue weighted by Gasteiger charge is -2.35. The van der Waals surface area contributed by atoms with E-state index in [0.717, 1.165) is 17.0 Å². The number of fused-ring (bicyclic) bond motifs is 6. The predicted molar refractivity (Wildman–Crippen MR) is 120 cm³/mol. The molecule has 3 fully saturated rings. The molecule has 11 heteroatoms. The van der Waals surface area contributed by atoms with Crippen LogP contribution < -0.4 is 4.90 Å². The van der Waals surface area contributed by atoms with Crippen molar-refractivity contribution < 1.29 is 27.6 Å². The van der Waals surface area contributed by atoms with Crippen molar-refractivity contribution in [3.05, 3.63) is 71.4 Å². The van der Waals surface area contributed by atoms with E-state index in [0.29, 0.717) is 17.3 Å². The van der Waals surface area contributed by atoms with E-state index in [1.807, 2.05) is 6.07 Å².